The number of nitro benzene ring substituents is 1. The third-order valence-corrected chi connectivity index (χ3v) is 5.30. The van der Waals surface area contributed by atoms with Gasteiger partial charge in [0.2, 0.25) is 4.77 Å². The van der Waals surface area contributed by atoms with Crippen molar-refractivity contribution in [2.75, 3.05) is 0 Å². The van der Waals surface area contributed by atoms with Gasteiger partial charge in [0, 0.05) is 24.1 Å². The Balaban J connectivity index is 1.65. The lowest BCUT2D eigenvalue weighted by Crippen LogP contribution is -2.31. The Bertz CT molecular complexity index is 1370. The molecule has 0 spiro atoms. The predicted octanol–water partition coefficient (Wildman–Crippen LogP) is 4.44. The Hall–Kier alpha value is -4.44. The van der Waals surface area contributed by atoms with Crippen LogP contribution in [0.2, 0.25) is 0 Å². The first-order valence-corrected chi connectivity index (χ1v) is 10.8. The van der Waals surface area contributed by atoms with E-state index in [2.05, 4.69) is 20.6 Å². The van der Waals surface area contributed by atoms with E-state index in [1.807, 2.05) is 36.4 Å². The summed E-state index contributed by atoms with van der Waals surface area (Å²) < 4.78 is 1.69. The summed E-state index contributed by atoms with van der Waals surface area (Å²) in [4.78, 5) is 23.3. The molecule has 4 rings (SSSR count). The molecule has 2 N–H and O–H groups in total. The van der Waals surface area contributed by atoms with Crippen molar-refractivity contribution in [3.8, 4) is 0 Å². The molecule has 0 aliphatic carbocycles. The number of non-ortho nitro benzene ring substituents is 1. The zero-order valence-electron chi connectivity index (χ0n) is 17.9. The third kappa shape index (κ3) is 5.48. The minimum Gasteiger partial charge on any atom is -0.342 e. The minimum atomic E-state index is -0.530. The van der Waals surface area contributed by atoms with Gasteiger partial charge in [-0.2, -0.15) is 14.9 Å². The summed E-state index contributed by atoms with van der Waals surface area (Å²) in [7, 11) is 0. The average Bonchev–Trinajstić information content (AvgIpc) is 3.23. The SMILES string of the molecule is O=C(NC(Cc1ccccc1)c1n[nH]c(=S)n1N=Cc1ccc([N+](=O)[O-])cc1)c1ccccc1. The predicted molar refractivity (Wildman–Crippen MR) is 130 cm³/mol. The lowest BCUT2D eigenvalue weighted by atomic mass is 10.0. The smallest absolute Gasteiger partial charge is 0.269 e. The number of H-pyrrole nitrogens is 1. The van der Waals surface area contributed by atoms with E-state index in [-0.39, 0.29) is 16.4 Å². The fourth-order valence-electron chi connectivity index (χ4n) is 3.34. The molecule has 1 atom stereocenters. The zero-order chi connectivity index (χ0) is 23.9. The monoisotopic (exact) mass is 472 g/mol. The summed E-state index contributed by atoms with van der Waals surface area (Å²) in [6.07, 6.45) is 1.99. The number of benzene rings is 3. The van der Waals surface area contributed by atoms with Crippen molar-refractivity contribution in [3.05, 3.63) is 122 Å². The van der Waals surface area contributed by atoms with Gasteiger partial charge in [0.15, 0.2) is 5.82 Å². The highest BCUT2D eigenvalue weighted by Crippen LogP contribution is 2.19. The van der Waals surface area contributed by atoms with Crippen LogP contribution in [-0.2, 0) is 6.42 Å². The van der Waals surface area contributed by atoms with E-state index in [1.165, 1.54) is 23.0 Å². The van der Waals surface area contributed by atoms with Gasteiger partial charge in [0.05, 0.1) is 17.2 Å². The molecule has 0 saturated carbocycles. The summed E-state index contributed by atoms with van der Waals surface area (Å²) in [5, 5.41) is 25.4. The van der Waals surface area contributed by atoms with Gasteiger partial charge in [-0.1, -0.05) is 48.5 Å². The van der Waals surface area contributed by atoms with E-state index in [9.17, 15) is 14.9 Å². The number of amides is 1. The maximum atomic E-state index is 12.9. The van der Waals surface area contributed by atoms with Crippen molar-refractivity contribution in [2.45, 2.75) is 12.5 Å². The van der Waals surface area contributed by atoms with Gasteiger partial charge in [-0.15, -0.1) is 0 Å². The maximum absolute atomic E-state index is 12.9. The Kier molecular flexibility index (Phi) is 6.99. The Labute approximate surface area is 199 Å². The molecule has 3 aromatic carbocycles. The lowest BCUT2D eigenvalue weighted by Gasteiger charge is -2.18. The van der Waals surface area contributed by atoms with Crippen molar-refractivity contribution in [1.82, 2.24) is 20.2 Å². The van der Waals surface area contributed by atoms with Crippen LogP contribution in [-0.4, -0.2) is 31.9 Å². The van der Waals surface area contributed by atoms with Crippen LogP contribution in [0.3, 0.4) is 0 Å². The quantitative estimate of drug-likeness (QED) is 0.170. The molecule has 0 saturated heterocycles. The first kappa shape index (κ1) is 22.7. The molecule has 0 aliphatic heterocycles. The normalized spacial score (nSPS) is 11.9. The van der Waals surface area contributed by atoms with Crippen molar-refractivity contribution >= 4 is 30.0 Å². The van der Waals surface area contributed by atoms with E-state index in [0.29, 0.717) is 23.4 Å². The molecule has 170 valence electrons. The van der Waals surface area contributed by atoms with E-state index in [1.54, 1.807) is 36.4 Å². The lowest BCUT2D eigenvalue weighted by molar-refractivity contribution is -0.384. The van der Waals surface area contributed by atoms with E-state index in [0.717, 1.165) is 5.56 Å². The second-order valence-corrected chi connectivity index (χ2v) is 7.76. The fraction of sp³-hybridized carbons (Fsp3) is 0.0833. The number of nitro groups is 1. The van der Waals surface area contributed by atoms with Gasteiger partial charge in [-0.05, 0) is 47.6 Å². The molecule has 1 amide bonds. The van der Waals surface area contributed by atoms with Crippen LogP contribution in [0.25, 0.3) is 0 Å². The van der Waals surface area contributed by atoms with Gasteiger partial charge in [0.1, 0.15) is 0 Å². The van der Waals surface area contributed by atoms with Gasteiger partial charge in [-0.3, -0.25) is 20.0 Å². The van der Waals surface area contributed by atoms with Crippen LogP contribution in [0.4, 0.5) is 5.69 Å². The average molecular weight is 473 g/mol. The number of aromatic nitrogens is 3. The van der Waals surface area contributed by atoms with Crippen LogP contribution >= 0.6 is 12.2 Å². The highest BCUT2D eigenvalue weighted by molar-refractivity contribution is 7.71. The Morgan fingerprint density at radius 1 is 1.09 bits per heavy atom. The van der Waals surface area contributed by atoms with Gasteiger partial charge < -0.3 is 5.32 Å². The van der Waals surface area contributed by atoms with Crippen LogP contribution < -0.4 is 5.32 Å². The van der Waals surface area contributed by atoms with E-state index < -0.39 is 11.0 Å². The molecule has 1 unspecified atom stereocenters. The van der Waals surface area contributed by atoms with Crippen LogP contribution in [0.15, 0.2) is 90.0 Å². The second-order valence-electron chi connectivity index (χ2n) is 7.37. The Morgan fingerprint density at radius 3 is 2.38 bits per heavy atom. The molecule has 1 aromatic heterocycles. The molecule has 0 fully saturated rings. The fourth-order valence-corrected chi connectivity index (χ4v) is 3.52. The minimum absolute atomic E-state index is 0.00990. The molecule has 10 heteroatoms. The molecule has 9 nitrogen and oxygen atoms in total. The summed E-state index contributed by atoms with van der Waals surface area (Å²) in [5.74, 6) is 0.178. The van der Waals surface area contributed by atoms with Crippen molar-refractivity contribution in [2.24, 2.45) is 5.10 Å². The van der Waals surface area contributed by atoms with Gasteiger partial charge >= 0.3 is 0 Å². The molecule has 34 heavy (non-hydrogen) atoms. The Morgan fingerprint density at radius 2 is 1.74 bits per heavy atom. The molecular weight excluding hydrogens is 452 g/mol. The number of hydrogen-bond acceptors (Lipinski definition) is 6. The maximum Gasteiger partial charge on any atom is 0.269 e. The van der Waals surface area contributed by atoms with Gasteiger partial charge in [-0.25, -0.2) is 0 Å². The zero-order valence-corrected chi connectivity index (χ0v) is 18.7. The van der Waals surface area contributed by atoms with Crippen molar-refractivity contribution in [3.63, 3.8) is 0 Å². The summed E-state index contributed by atoms with van der Waals surface area (Å²) in [6.45, 7) is 0. The topological polar surface area (TPSA) is 118 Å². The second kappa shape index (κ2) is 10.5. The third-order valence-electron chi connectivity index (χ3n) is 5.04. The molecule has 4 aromatic rings. The van der Waals surface area contributed by atoms with Crippen molar-refractivity contribution in [1.29, 1.82) is 0 Å². The molecule has 0 bridgehead atoms. The number of aromatic amines is 1. The number of nitrogens with one attached hydrogen (secondary N) is 2. The van der Waals surface area contributed by atoms with E-state index >= 15 is 0 Å². The van der Waals surface area contributed by atoms with Crippen molar-refractivity contribution < 1.29 is 9.72 Å². The highest BCUT2D eigenvalue weighted by atomic mass is 32.1. The summed E-state index contributed by atoms with van der Waals surface area (Å²) in [6, 6.07) is 24.1. The number of carbonyl (C=O) groups is 1. The molecular formula is C24H20N6O3S. The summed E-state index contributed by atoms with van der Waals surface area (Å²) in [5.41, 5.74) is 2.16. The molecule has 0 aliphatic rings. The number of rotatable bonds is 8. The van der Waals surface area contributed by atoms with E-state index in [4.69, 9.17) is 12.2 Å². The number of hydrogen-bond donors (Lipinski definition) is 2. The van der Waals surface area contributed by atoms with Gasteiger partial charge in [0.25, 0.3) is 11.6 Å². The summed E-state index contributed by atoms with van der Waals surface area (Å²) >= 11 is 5.36. The van der Waals surface area contributed by atoms with Crippen LogP contribution in [0, 0.1) is 14.9 Å². The molecule has 1 heterocycles. The largest absolute Gasteiger partial charge is 0.342 e. The van der Waals surface area contributed by atoms with Crippen LogP contribution in [0.5, 0.6) is 0 Å². The molecule has 0 radical (unpaired) electrons. The standard InChI is InChI=1S/C24H20N6O3S/c31-23(19-9-5-2-6-10-19)26-21(15-17-7-3-1-4-8-17)22-27-28-24(34)29(22)25-16-18-11-13-20(14-12-18)30(32)33/h1-14,16,21H,15H2,(H,26,31)(H,28,34). The number of nitrogens with zero attached hydrogens (tertiary/aromatic N) is 4. The highest BCUT2D eigenvalue weighted by Gasteiger charge is 2.22. The number of carbonyl (C=O) groups excluding carboxylic acids is 1. The first-order chi connectivity index (χ1) is 16.5. The van der Waals surface area contributed by atoms with Crippen LogP contribution in [0.1, 0.15) is 33.4 Å². The first-order valence-electron chi connectivity index (χ1n) is 10.4.